The minimum absolute atomic E-state index is 0.461. The molecule has 2 rings (SSSR count). The summed E-state index contributed by atoms with van der Waals surface area (Å²) in [6.45, 7) is 3.37. The minimum Gasteiger partial charge on any atom is -0.397 e. The summed E-state index contributed by atoms with van der Waals surface area (Å²) >= 11 is 6.16. The van der Waals surface area contributed by atoms with Crippen molar-refractivity contribution < 1.29 is 0 Å². The van der Waals surface area contributed by atoms with Crippen LogP contribution < -0.4 is 11.1 Å². The number of nitrogens with zero attached hydrogens (tertiary/aromatic N) is 1. The molecule has 1 saturated heterocycles. The summed E-state index contributed by atoms with van der Waals surface area (Å²) in [6.07, 6.45) is 2.26. The van der Waals surface area contributed by atoms with Crippen LogP contribution in [0.25, 0.3) is 0 Å². The molecule has 0 radical (unpaired) electrons. The van der Waals surface area contributed by atoms with Crippen molar-refractivity contribution >= 4 is 23.0 Å². The summed E-state index contributed by atoms with van der Waals surface area (Å²) in [5, 5.41) is 4.19. The fourth-order valence-electron chi connectivity index (χ4n) is 2.32. The van der Waals surface area contributed by atoms with Crippen molar-refractivity contribution in [2.45, 2.75) is 31.8 Å². The van der Waals surface area contributed by atoms with Crippen LogP contribution in [0.15, 0.2) is 18.2 Å². The van der Waals surface area contributed by atoms with Gasteiger partial charge in [-0.1, -0.05) is 17.7 Å². The van der Waals surface area contributed by atoms with Gasteiger partial charge in [-0.3, -0.25) is 0 Å². The molecule has 1 fully saturated rings. The predicted octanol–water partition coefficient (Wildman–Crippen LogP) is 2.82. The fourth-order valence-corrected chi connectivity index (χ4v) is 2.55. The van der Waals surface area contributed by atoms with Crippen LogP contribution in [0.3, 0.4) is 0 Å². The quantitative estimate of drug-likeness (QED) is 0.797. The summed E-state index contributed by atoms with van der Waals surface area (Å²) < 4.78 is 0. The molecule has 0 bridgehead atoms. The Balaban J connectivity index is 2.06. The lowest BCUT2D eigenvalue weighted by Crippen LogP contribution is -2.42. The zero-order chi connectivity index (χ0) is 12.4. The topological polar surface area (TPSA) is 41.3 Å². The van der Waals surface area contributed by atoms with Crippen molar-refractivity contribution in [2.24, 2.45) is 0 Å². The molecule has 17 heavy (non-hydrogen) atoms. The fraction of sp³-hybridized carbons (Fsp3) is 0.538. The first-order valence-corrected chi connectivity index (χ1v) is 6.46. The Labute approximate surface area is 108 Å². The summed E-state index contributed by atoms with van der Waals surface area (Å²) in [5.41, 5.74) is 7.55. The third kappa shape index (κ3) is 2.85. The molecule has 94 valence electrons. The second kappa shape index (κ2) is 5.15. The van der Waals surface area contributed by atoms with Crippen molar-refractivity contribution in [3.8, 4) is 0 Å². The van der Waals surface area contributed by atoms with Crippen molar-refractivity contribution in [1.82, 2.24) is 4.90 Å². The first kappa shape index (κ1) is 12.5. The van der Waals surface area contributed by atoms with Crippen LogP contribution in [-0.2, 0) is 0 Å². The monoisotopic (exact) mass is 253 g/mol. The molecule has 2 atom stereocenters. The normalized spacial score (nSPS) is 25.8. The molecule has 0 spiro atoms. The lowest BCUT2D eigenvalue weighted by molar-refractivity contribution is 0.190. The Hall–Kier alpha value is -0.930. The van der Waals surface area contributed by atoms with Crippen LogP contribution in [0.4, 0.5) is 11.4 Å². The third-order valence-electron chi connectivity index (χ3n) is 3.60. The first-order valence-electron chi connectivity index (χ1n) is 6.08. The van der Waals surface area contributed by atoms with E-state index in [0.717, 1.165) is 30.8 Å². The van der Waals surface area contributed by atoms with Gasteiger partial charge in [-0.15, -0.1) is 0 Å². The maximum Gasteiger partial charge on any atom is 0.0765 e. The number of para-hydroxylation sites is 1. The van der Waals surface area contributed by atoms with Gasteiger partial charge in [0.2, 0.25) is 0 Å². The lowest BCUT2D eigenvalue weighted by Gasteiger charge is -2.36. The number of rotatable bonds is 2. The summed E-state index contributed by atoms with van der Waals surface area (Å²) in [5.74, 6) is 0. The van der Waals surface area contributed by atoms with Crippen molar-refractivity contribution in [1.29, 1.82) is 0 Å². The van der Waals surface area contributed by atoms with Crippen molar-refractivity contribution in [3.05, 3.63) is 23.2 Å². The number of nitrogen functional groups attached to an aromatic ring is 1. The molecular formula is C13H20ClN3. The Morgan fingerprint density at radius 1 is 1.47 bits per heavy atom. The van der Waals surface area contributed by atoms with Gasteiger partial charge in [0, 0.05) is 18.6 Å². The number of benzene rings is 1. The molecule has 0 aromatic heterocycles. The number of nitrogens with two attached hydrogens (primary N) is 1. The average Bonchev–Trinajstić information content (AvgIpc) is 2.28. The van der Waals surface area contributed by atoms with E-state index in [1.807, 2.05) is 18.2 Å². The highest BCUT2D eigenvalue weighted by Crippen LogP contribution is 2.30. The second-order valence-corrected chi connectivity index (χ2v) is 5.31. The second-order valence-electron chi connectivity index (χ2n) is 4.90. The molecule has 0 amide bonds. The molecule has 0 saturated carbocycles. The van der Waals surface area contributed by atoms with E-state index in [9.17, 15) is 0 Å². The first-order chi connectivity index (χ1) is 8.08. The molecule has 1 aromatic carbocycles. The predicted molar refractivity (Wildman–Crippen MR) is 74.6 cm³/mol. The average molecular weight is 254 g/mol. The van der Waals surface area contributed by atoms with Gasteiger partial charge in [-0.2, -0.15) is 0 Å². The van der Waals surface area contributed by atoms with Crippen molar-refractivity contribution in [2.75, 3.05) is 24.6 Å². The molecule has 1 aliphatic heterocycles. The summed E-state index contributed by atoms with van der Waals surface area (Å²) in [6, 6.07) is 6.69. The summed E-state index contributed by atoms with van der Waals surface area (Å²) in [7, 11) is 2.17. The maximum atomic E-state index is 6.16. The Morgan fingerprint density at radius 2 is 2.24 bits per heavy atom. The molecule has 1 heterocycles. The van der Waals surface area contributed by atoms with E-state index in [2.05, 4.69) is 24.2 Å². The van der Waals surface area contributed by atoms with Crippen LogP contribution in [0, 0.1) is 0 Å². The molecule has 1 aliphatic rings. The Bertz CT molecular complexity index is 374. The van der Waals surface area contributed by atoms with Gasteiger partial charge in [-0.25, -0.2) is 0 Å². The molecule has 2 unspecified atom stereocenters. The van der Waals surface area contributed by atoms with E-state index < -0.39 is 0 Å². The Kier molecular flexibility index (Phi) is 3.79. The zero-order valence-corrected chi connectivity index (χ0v) is 11.2. The number of hydrogen-bond acceptors (Lipinski definition) is 3. The number of anilines is 2. The lowest BCUT2D eigenvalue weighted by atomic mass is 9.98. The Morgan fingerprint density at radius 3 is 2.88 bits per heavy atom. The zero-order valence-electron chi connectivity index (χ0n) is 10.4. The number of hydrogen-bond donors (Lipinski definition) is 2. The summed E-state index contributed by atoms with van der Waals surface area (Å²) in [4.78, 5) is 2.38. The molecule has 1 aromatic rings. The molecule has 3 nitrogen and oxygen atoms in total. The maximum absolute atomic E-state index is 6.16. The van der Waals surface area contributed by atoms with Gasteiger partial charge in [-0.05, 0) is 38.9 Å². The minimum atomic E-state index is 0.461. The van der Waals surface area contributed by atoms with E-state index in [1.165, 1.54) is 0 Å². The van der Waals surface area contributed by atoms with Gasteiger partial charge in [0.15, 0.2) is 0 Å². The van der Waals surface area contributed by atoms with Crippen molar-refractivity contribution in [3.63, 3.8) is 0 Å². The third-order valence-corrected chi connectivity index (χ3v) is 3.92. The largest absolute Gasteiger partial charge is 0.397 e. The van der Waals surface area contributed by atoms with Gasteiger partial charge < -0.3 is 16.0 Å². The van der Waals surface area contributed by atoms with Crippen LogP contribution in [0.5, 0.6) is 0 Å². The standard InChI is InChI=1S/C13H20ClN3/c1-9-8-10(6-7-17(9)2)16-13-11(14)4-3-5-12(13)15/h3-5,9-10,16H,6-8,15H2,1-2H3. The number of likely N-dealkylation sites (tertiary alicyclic amines) is 1. The van der Waals surface area contributed by atoms with Gasteiger partial charge in [0.1, 0.15) is 0 Å². The van der Waals surface area contributed by atoms with Crippen LogP contribution in [0.1, 0.15) is 19.8 Å². The van der Waals surface area contributed by atoms with Crippen LogP contribution in [0.2, 0.25) is 5.02 Å². The highest BCUT2D eigenvalue weighted by molar-refractivity contribution is 6.33. The van der Waals surface area contributed by atoms with Crippen LogP contribution >= 0.6 is 11.6 Å². The smallest absolute Gasteiger partial charge is 0.0765 e. The van der Waals surface area contributed by atoms with Gasteiger partial charge in [0.25, 0.3) is 0 Å². The SMILES string of the molecule is CC1CC(Nc2c(N)cccc2Cl)CCN1C. The number of halogens is 1. The van der Waals surface area contributed by atoms with E-state index in [-0.39, 0.29) is 0 Å². The van der Waals surface area contributed by atoms with Gasteiger partial charge >= 0.3 is 0 Å². The van der Waals surface area contributed by atoms with E-state index in [0.29, 0.717) is 17.1 Å². The highest BCUT2D eigenvalue weighted by atomic mass is 35.5. The van der Waals surface area contributed by atoms with Gasteiger partial charge in [0.05, 0.1) is 16.4 Å². The van der Waals surface area contributed by atoms with E-state index in [1.54, 1.807) is 0 Å². The van der Waals surface area contributed by atoms with Crippen LogP contribution in [-0.4, -0.2) is 30.6 Å². The highest BCUT2D eigenvalue weighted by Gasteiger charge is 2.23. The molecule has 4 heteroatoms. The molecule has 0 aliphatic carbocycles. The molecular weight excluding hydrogens is 234 g/mol. The number of piperidine rings is 1. The van der Waals surface area contributed by atoms with E-state index >= 15 is 0 Å². The van der Waals surface area contributed by atoms with E-state index in [4.69, 9.17) is 17.3 Å². The molecule has 3 N–H and O–H groups in total. The number of nitrogens with one attached hydrogen (secondary N) is 1.